The molecule has 2 rings (SSSR count). The van der Waals surface area contributed by atoms with Gasteiger partial charge in [0.15, 0.2) is 0 Å². The zero-order valence-electron chi connectivity index (χ0n) is 14.5. The van der Waals surface area contributed by atoms with Crippen molar-refractivity contribution in [1.29, 1.82) is 0 Å². The van der Waals surface area contributed by atoms with Crippen LogP contribution in [0.5, 0.6) is 0 Å². The summed E-state index contributed by atoms with van der Waals surface area (Å²) in [6.07, 6.45) is 1.75. The SMILES string of the molecule is CC(C)(C)OC(=O)CC[C@@H](C(N)=O)N1Cc2cc(CBr)cnc2C1=O. The minimum absolute atomic E-state index is 0.00504. The van der Waals surface area contributed by atoms with Gasteiger partial charge in [0.25, 0.3) is 5.91 Å². The van der Waals surface area contributed by atoms with Crippen LogP contribution in [0.1, 0.15) is 55.2 Å². The predicted molar refractivity (Wildman–Crippen MR) is 94.8 cm³/mol. The second-order valence-corrected chi connectivity index (χ2v) is 7.52. The van der Waals surface area contributed by atoms with Crippen molar-refractivity contribution in [2.24, 2.45) is 5.73 Å². The number of rotatable bonds is 6. The first-order valence-corrected chi connectivity index (χ1v) is 9.10. The van der Waals surface area contributed by atoms with Gasteiger partial charge in [0.2, 0.25) is 5.91 Å². The Morgan fingerprint density at radius 2 is 2.12 bits per heavy atom. The minimum Gasteiger partial charge on any atom is -0.460 e. The Balaban J connectivity index is 2.10. The lowest BCUT2D eigenvalue weighted by molar-refractivity contribution is -0.155. The highest BCUT2D eigenvalue weighted by Crippen LogP contribution is 2.26. The molecule has 25 heavy (non-hydrogen) atoms. The molecular formula is C17H22BrN3O4. The molecule has 8 heteroatoms. The summed E-state index contributed by atoms with van der Waals surface area (Å²) in [6.45, 7) is 5.56. The summed E-state index contributed by atoms with van der Waals surface area (Å²) >= 11 is 3.35. The molecule has 1 atom stereocenters. The lowest BCUT2D eigenvalue weighted by atomic mass is 10.1. The number of alkyl halides is 1. The molecule has 1 aliphatic heterocycles. The highest BCUT2D eigenvalue weighted by molar-refractivity contribution is 9.08. The van der Waals surface area contributed by atoms with Crippen LogP contribution in [0.25, 0.3) is 0 Å². The fourth-order valence-corrected chi connectivity index (χ4v) is 2.99. The third kappa shape index (κ3) is 4.78. The molecular weight excluding hydrogens is 390 g/mol. The van der Waals surface area contributed by atoms with Crippen LogP contribution in [-0.2, 0) is 26.2 Å². The van der Waals surface area contributed by atoms with Gasteiger partial charge in [-0.1, -0.05) is 15.9 Å². The van der Waals surface area contributed by atoms with E-state index in [9.17, 15) is 14.4 Å². The van der Waals surface area contributed by atoms with Gasteiger partial charge < -0.3 is 15.4 Å². The Bertz CT molecular complexity index is 700. The molecule has 0 spiro atoms. The van der Waals surface area contributed by atoms with Crippen LogP contribution >= 0.6 is 15.9 Å². The quantitative estimate of drug-likeness (QED) is 0.568. The predicted octanol–water partition coefficient (Wildman–Crippen LogP) is 1.91. The number of ether oxygens (including phenoxy) is 1. The summed E-state index contributed by atoms with van der Waals surface area (Å²) < 4.78 is 5.24. The second-order valence-electron chi connectivity index (χ2n) is 6.96. The molecule has 0 saturated carbocycles. The van der Waals surface area contributed by atoms with E-state index in [2.05, 4.69) is 20.9 Å². The van der Waals surface area contributed by atoms with Gasteiger partial charge >= 0.3 is 5.97 Å². The number of halogens is 1. The number of carbonyl (C=O) groups is 3. The van der Waals surface area contributed by atoms with Crippen molar-refractivity contribution in [3.8, 4) is 0 Å². The molecule has 136 valence electrons. The second kappa shape index (κ2) is 7.51. The zero-order chi connectivity index (χ0) is 18.8. The molecule has 2 amide bonds. The summed E-state index contributed by atoms with van der Waals surface area (Å²) in [5.41, 5.74) is 6.89. The molecule has 1 aromatic rings. The first-order chi connectivity index (χ1) is 11.6. The van der Waals surface area contributed by atoms with Crippen molar-refractivity contribution >= 4 is 33.7 Å². The first kappa shape index (κ1) is 19.4. The standard InChI is InChI=1S/C17H22BrN3O4/c1-17(2,3)25-13(22)5-4-12(15(19)23)21-9-11-6-10(7-18)8-20-14(11)16(21)24/h6,8,12H,4-5,7,9H2,1-3H3,(H2,19,23)/t12-/m0/s1. The average molecular weight is 412 g/mol. The van der Waals surface area contributed by atoms with Crippen molar-refractivity contribution in [2.75, 3.05) is 0 Å². The normalized spacial score (nSPS) is 15.0. The minimum atomic E-state index is -0.873. The van der Waals surface area contributed by atoms with Gasteiger partial charge in [-0.05, 0) is 38.8 Å². The van der Waals surface area contributed by atoms with E-state index < -0.39 is 23.5 Å². The third-order valence-corrected chi connectivity index (χ3v) is 4.38. The van der Waals surface area contributed by atoms with Gasteiger partial charge in [-0.25, -0.2) is 0 Å². The Morgan fingerprint density at radius 1 is 1.44 bits per heavy atom. The molecule has 0 bridgehead atoms. The summed E-state index contributed by atoms with van der Waals surface area (Å²) in [5, 5.41) is 0.624. The van der Waals surface area contributed by atoms with Gasteiger partial charge in [0.05, 0.1) is 0 Å². The number of carbonyl (C=O) groups excluding carboxylic acids is 3. The number of esters is 1. The van der Waals surface area contributed by atoms with E-state index in [-0.39, 0.29) is 25.3 Å². The Morgan fingerprint density at radius 3 is 2.68 bits per heavy atom. The monoisotopic (exact) mass is 411 g/mol. The fraction of sp³-hybridized carbons (Fsp3) is 0.529. The van der Waals surface area contributed by atoms with E-state index in [1.54, 1.807) is 27.0 Å². The van der Waals surface area contributed by atoms with Crippen LogP contribution in [0.3, 0.4) is 0 Å². The molecule has 0 aliphatic carbocycles. The van der Waals surface area contributed by atoms with Crippen LogP contribution in [0.4, 0.5) is 0 Å². The van der Waals surface area contributed by atoms with Crippen molar-refractivity contribution in [2.45, 2.75) is 57.1 Å². The van der Waals surface area contributed by atoms with Gasteiger partial charge in [0, 0.05) is 30.1 Å². The number of hydrogen-bond donors (Lipinski definition) is 1. The van der Waals surface area contributed by atoms with Gasteiger partial charge in [-0.15, -0.1) is 0 Å². The van der Waals surface area contributed by atoms with Gasteiger partial charge in [-0.3, -0.25) is 19.4 Å². The third-order valence-electron chi connectivity index (χ3n) is 3.73. The summed E-state index contributed by atoms with van der Waals surface area (Å²) in [4.78, 5) is 41.8. The van der Waals surface area contributed by atoms with Crippen LogP contribution in [0, 0.1) is 0 Å². The van der Waals surface area contributed by atoms with E-state index in [0.717, 1.165) is 11.1 Å². The lowest BCUT2D eigenvalue weighted by Crippen LogP contribution is -2.45. The average Bonchev–Trinajstić information content (AvgIpc) is 2.81. The molecule has 1 aromatic heterocycles. The van der Waals surface area contributed by atoms with E-state index >= 15 is 0 Å². The number of primary amides is 1. The largest absolute Gasteiger partial charge is 0.460 e. The summed E-state index contributed by atoms with van der Waals surface area (Å²) in [5.74, 6) is -1.42. The summed E-state index contributed by atoms with van der Waals surface area (Å²) in [6, 6.07) is 1.00. The smallest absolute Gasteiger partial charge is 0.306 e. The molecule has 1 aliphatic rings. The van der Waals surface area contributed by atoms with Crippen LogP contribution < -0.4 is 5.73 Å². The number of nitrogens with two attached hydrogens (primary N) is 1. The Labute approximate surface area is 155 Å². The number of nitrogens with zero attached hydrogens (tertiary/aromatic N) is 2. The number of fused-ring (bicyclic) bond motifs is 1. The maximum atomic E-state index is 12.5. The van der Waals surface area contributed by atoms with E-state index in [4.69, 9.17) is 10.5 Å². The van der Waals surface area contributed by atoms with E-state index in [1.807, 2.05) is 6.07 Å². The lowest BCUT2D eigenvalue weighted by Gasteiger charge is -2.25. The molecule has 2 N–H and O–H groups in total. The number of amides is 2. The Kier molecular flexibility index (Phi) is 5.82. The molecule has 0 aromatic carbocycles. The maximum Gasteiger partial charge on any atom is 0.306 e. The van der Waals surface area contributed by atoms with E-state index in [1.165, 1.54) is 4.90 Å². The molecule has 7 nitrogen and oxygen atoms in total. The summed E-state index contributed by atoms with van der Waals surface area (Å²) in [7, 11) is 0. The maximum absolute atomic E-state index is 12.5. The zero-order valence-corrected chi connectivity index (χ0v) is 16.1. The van der Waals surface area contributed by atoms with Gasteiger partial charge in [-0.2, -0.15) is 0 Å². The molecule has 2 heterocycles. The van der Waals surface area contributed by atoms with Crippen molar-refractivity contribution < 1.29 is 19.1 Å². The number of pyridine rings is 1. The molecule has 0 saturated heterocycles. The highest BCUT2D eigenvalue weighted by atomic mass is 79.9. The number of aromatic nitrogens is 1. The highest BCUT2D eigenvalue weighted by Gasteiger charge is 2.37. The van der Waals surface area contributed by atoms with Crippen molar-refractivity contribution in [1.82, 2.24) is 9.88 Å². The molecule has 0 radical (unpaired) electrons. The Hall–Kier alpha value is -1.96. The molecule has 0 fully saturated rings. The van der Waals surface area contributed by atoms with Crippen LogP contribution in [0.2, 0.25) is 0 Å². The molecule has 0 unspecified atom stereocenters. The van der Waals surface area contributed by atoms with Crippen LogP contribution in [-0.4, -0.2) is 39.3 Å². The van der Waals surface area contributed by atoms with Crippen molar-refractivity contribution in [3.63, 3.8) is 0 Å². The number of hydrogen-bond acceptors (Lipinski definition) is 5. The van der Waals surface area contributed by atoms with Crippen molar-refractivity contribution in [3.05, 3.63) is 29.1 Å². The van der Waals surface area contributed by atoms with Gasteiger partial charge in [0.1, 0.15) is 17.3 Å². The van der Waals surface area contributed by atoms with Crippen LogP contribution in [0.15, 0.2) is 12.3 Å². The first-order valence-electron chi connectivity index (χ1n) is 7.98. The van der Waals surface area contributed by atoms with E-state index in [0.29, 0.717) is 11.0 Å². The topological polar surface area (TPSA) is 103 Å². The fourth-order valence-electron chi connectivity index (χ4n) is 2.69.